The molecule has 1 rings (SSSR count). The Kier molecular flexibility index (Phi) is 6.47. The predicted octanol–water partition coefficient (Wildman–Crippen LogP) is -2.37. The number of amides is 2. The molecule has 1 aliphatic rings. The number of carbonyl (C=O) groups is 2. The molecule has 0 aromatic heterocycles. The summed E-state index contributed by atoms with van der Waals surface area (Å²) in [5.41, 5.74) is 0. The molecule has 1 heterocycles. The molecule has 2 amide bonds. The lowest BCUT2D eigenvalue weighted by molar-refractivity contribution is -0.870. The van der Waals surface area contributed by atoms with E-state index in [-0.39, 0.29) is 35.8 Å². The average Bonchev–Trinajstić information content (AvgIpc) is 2.08. The predicted molar refractivity (Wildman–Crippen MR) is 58.1 cm³/mol. The van der Waals surface area contributed by atoms with Crippen LogP contribution in [0.4, 0.5) is 0 Å². The van der Waals surface area contributed by atoms with Crippen molar-refractivity contribution in [2.45, 2.75) is 25.7 Å². The van der Waals surface area contributed by atoms with Crippen LogP contribution in [0.1, 0.15) is 25.7 Å². The molecule has 0 spiro atoms. The van der Waals surface area contributed by atoms with Crippen molar-refractivity contribution in [1.29, 1.82) is 0 Å². The summed E-state index contributed by atoms with van der Waals surface area (Å²) in [7, 11) is 6.33. The first-order valence-electron chi connectivity index (χ1n) is 5.54. The van der Waals surface area contributed by atoms with E-state index in [9.17, 15) is 9.59 Å². The number of quaternary nitrogens is 1. The summed E-state index contributed by atoms with van der Waals surface area (Å²) in [6, 6.07) is 0. The summed E-state index contributed by atoms with van der Waals surface area (Å²) in [5, 5.41) is 0. The van der Waals surface area contributed by atoms with Gasteiger partial charge in [-0.25, -0.2) is 0 Å². The van der Waals surface area contributed by atoms with E-state index in [2.05, 4.69) is 21.1 Å². The molecule has 0 unspecified atom stereocenters. The van der Waals surface area contributed by atoms with Crippen molar-refractivity contribution in [3.8, 4) is 0 Å². The van der Waals surface area contributed by atoms with Crippen LogP contribution in [0.5, 0.6) is 0 Å². The largest absolute Gasteiger partial charge is 1.00 e. The number of likely N-dealkylation sites (tertiary alicyclic amines) is 1. The maximum atomic E-state index is 11.5. The summed E-state index contributed by atoms with van der Waals surface area (Å²) in [6.45, 7) is 1.57. The van der Waals surface area contributed by atoms with Gasteiger partial charge in [0.2, 0.25) is 11.8 Å². The van der Waals surface area contributed by atoms with Crippen molar-refractivity contribution in [1.82, 2.24) is 4.90 Å². The molecule has 0 atom stereocenters. The zero-order valence-electron chi connectivity index (χ0n) is 10.3. The number of rotatable bonds is 4. The van der Waals surface area contributed by atoms with Gasteiger partial charge in [0.25, 0.3) is 0 Å². The van der Waals surface area contributed by atoms with Crippen LogP contribution in [0.2, 0.25) is 0 Å². The standard InChI is InChI=1S/C11H21N2O2.HI/c1-13(2,3)9-5-8-12-10(14)6-4-7-11(12)15;/h4-9H2,1-3H3;1H/q+1;/p-1. The lowest BCUT2D eigenvalue weighted by Crippen LogP contribution is -3.00. The first-order chi connectivity index (χ1) is 6.90. The van der Waals surface area contributed by atoms with Crippen LogP contribution in [-0.4, -0.2) is 55.4 Å². The fraction of sp³-hybridized carbons (Fsp3) is 0.818. The highest BCUT2D eigenvalue weighted by molar-refractivity contribution is 5.97. The molecule has 0 N–H and O–H groups in total. The normalized spacial score (nSPS) is 17.3. The van der Waals surface area contributed by atoms with E-state index < -0.39 is 0 Å². The Morgan fingerprint density at radius 3 is 2.06 bits per heavy atom. The monoisotopic (exact) mass is 340 g/mol. The highest BCUT2D eigenvalue weighted by Gasteiger charge is 2.25. The van der Waals surface area contributed by atoms with Crippen LogP contribution < -0.4 is 24.0 Å². The van der Waals surface area contributed by atoms with E-state index in [1.54, 1.807) is 0 Å². The molecule has 5 heteroatoms. The van der Waals surface area contributed by atoms with Gasteiger partial charge in [0.1, 0.15) is 0 Å². The Balaban J connectivity index is 0.00000225. The average molecular weight is 340 g/mol. The number of piperidine rings is 1. The molecule has 0 aromatic carbocycles. The summed E-state index contributed by atoms with van der Waals surface area (Å²) in [4.78, 5) is 24.4. The first-order valence-corrected chi connectivity index (χ1v) is 5.54. The molecule has 0 radical (unpaired) electrons. The number of carbonyl (C=O) groups excluding carboxylic acids is 2. The van der Waals surface area contributed by atoms with Crippen LogP contribution in [0.25, 0.3) is 0 Å². The Hall–Kier alpha value is -0.170. The minimum Gasteiger partial charge on any atom is -1.00 e. The lowest BCUT2D eigenvalue weighted by atomic mass is 10.1. The third-order valence-corrected chi connectivity index (χ3v) is 2.59. The van der Waals surface area contributed by atoms with E-state index in [1.165, 1.54) is 4.90 Å². The molecular formula is C11H21IN2O2. The topological polar surface area (TPSA) is 37.4 Å². The molecule has 1 fully saturated rings. The summed E-state index contributed by atoms with van der Waals surface area (Å²) in [5.74, 6) is 0.0142. The van der Waals surface area contributed by atoms with Gasteiger partial charge in [-0.2, -0.15) is 0 Å². The molecule has 4 nitrogen and oxygen atoms in total. The highest BCUT2D eigenvalue weighted by atomic mass is 127. The number of halogens is 1. The van der Waals surface area contributed by atoms with Gasteiger partial charge < -0.3 is 28.5 Å². The number of imide groups is 1. The SMILES string of the molecule is C[N+](C)(C)CCCN1C(=O)CCCC1=O.[I-]. The summed E-state index contributed by atoms with van der Waals surface area (Å²) < 4.78 is 0.871. The van der Waals surface area contributed by atoms with Gasteiger partial charge >= 0.3 is 0 Å². The van der Waals surface area contributed by atoms with Crippen LogP contribution in [0, 0.1) is 0 Å². The summed E-state index contributed by atoms with van der Waals surface area (Å²) in [6.07, 6.45) is 2.69. The third kappa shape index (κ3) is 5.25. The Morgan fingerprint density at radius 1 is 1.12 bits per heavy atom. The molecule has 94 valence electrons. The van der Waals surface area contributed by atoms with Crippen LogP contribution >= 0.6 is 0 Å². The van der Waals surface area contributed by atoms with Gasteiger partial charge in [-0.15, -0.1) is 0 Å². The maximum Gasteiger partial charge on any atom is 0.229 e. The lowest BCUT2D eigenvalue weighted by Gasteiger charge is -2.28. The van der Waals surface area contributed by atoms with Gasteiger partial charge in [-0.3, -0.25) is 14.5 Å². The molecule has 1 saturated heterocycles. The van der Waals surface area contributed by atoms with Crippen molar-refractivity contribution < 1.29 is 38.0 Å². The van der Waals surface area contributed by atoms with E-state index in [4.69, 9.17) is 0 Å². The van der Waals surface area contributed by atoms with E-state index in [0.29, 0.717) is 19.4 Å². The molecule has 0 aromatic rings. The van der Waals surface area contributed by atoms with Gasteiger partial charge in [-0.1, -0.05) is 0 Å². The van der Waals surface area contributed by atoms with Crippen molar-refractivity contribution in [3.05, 3.63) is 0 Å². The van der Waals surface area contributed by atoms with E-state index in [1.807, 2.05) is 0 Å². The number of nitrogens with zero attached hydrogens (tertiary/aromatic N) is 2. The van der Waals surface area contributed by atoms with Crippen molar-refractivity contribution in [2.75, 3.05) is 34.2 Å². The van der Waals surface area contributed by atoms with Crippen molar-refractivity contribution >= 4 is 11.8 Å². The van der Waals surface area contributed by atoms with Crippen LogP contribution in [-0.2, 0) is 9.59 Å². The van der Waals surface area contributed by atoms with Gasteiger partial charge in [0.05, 0.1) is 27.7 Å². The van der Waals surface area contributed by atoms with Crippen molar-refractivity contribution in [2.24, 2.45) is 0 Å². The second-order valence-electron chi connectivity index (χ2n) is 5.16. The fourth-order valence-electron chi connectivity index (χ4n) is 1.75. The zero-order valence-corrected chi connectivity index (χ0v) is 12.5. The second-order valence-corrected chi connectivity index (χ2v) is 5.16. The molecule has 1 aliphatic heterocycles. The first kappa shape index (κ1) is 15.8. The Bertz CT molecular complexity index is 245. The smallest absolute Gasteiger partial charge is 0.229 e. The molecule has 0 bridgehead atoms. The molecule has 16 heavy (non-hydrogen) atoms. The quantitative estimate of drug-likeness (QED) is 0.326. The summed E-state index contributed by atoms with van der Waals surface area (Å²) >= 11 is 0. The minimum absolute atomic E-state index is 0. The third-order valence-electron chi connectivity index (χ3n) is 2.59. The fourth-order valence-corrected chi connectivity index (χ4v) is 1.75. The molecular weight excluding hydrogens is 319 g/mol. The number of hydrogen-bond donors (Lipinski definition) is 0. The van der Waals surface area contributed by atoms with E-state index in [0.717, 1.165) is 23.9 Å². The highest BCUT2D eigenvalue weighted by Crippen LogP contribution is 2.12. The Labute approximate surface area is 115 Å². The second kappa shape index (κ2) is 6.54. The molecule has 0 saturated carbocycles. The van der Waals surface area contributed by atoms with Crippen LogP contribution in [0.15, 0.2) is 0 Å². The molecule has 0 aliphatic carbocycles. The Morgan fingerprint density at radius 2 is 1.62 bits per heavy atom. The minimum atomic E-state index is 0. The van der Waals surface area contributed by atoms with Crippen molar-refractivity contribution in [3.63, 3.8) is 0 Å². The van der Waals surface area contributed by atoms with Crippen LogP contribution in [0.3, 0.4) is 0 Å². The van der Waals surface area contributed by atoms with Gasteiger partial charge in [0, 0.05) is 25.8 Å². The zero-order chi connectivity index (χ0) is 11.5. The van der Waals surface area contributed by atoms with E-state index >= 15 is 0 Å². The maximum absolute atomic E-state index is 11.5. The van der Waals surface area contributed by atoms with Gasteiger partial charge in [-0.05, 0) is 6.42 Å². The van der Waals surface area contributed by atoms with Gasteiger partial charge in [0.15, 0.2) is 0 Å². The number of hydrogen-bond acceptors (Lipinski definition) is 2.